The highest BCUT2D eigenvalue weighted by Crippen LogP contribution is 2.19. The summed E-state index contributed by atoms with van der Waals surface area (Å²) in [6.45, 7) is 2.64. The highest BCUT2D eigenvalue weighted by Gasteiger charge is 2.23. The first-order valence-corrected chi connectivity index (χ1v) is 9.17. The maximum atomic E-state index is 13.6. The van der Waals surface area contributed by atoms with Crippen LogP contribution in [0.5, 0.6) is 0 Å². The molecule has 6 nitrogen and oxygen atoms in total. The smallest absolute Gasteiger partial charge is 0.246 e. The zero-order valence-corrected chi connectivity index (χ0v) is 14.1. The quantitative estimate of drug-likeness (QED) is 0.868. The van der Waals surface area contributed by atoms with E-state index >= 15 is 0 Å². The van der Waals surface area contributed by atoms with Crippen LogP contribution in [0.15, 0.2) is 41.4 Å². The third kappa shape index (κ3) is 4.12. The zero-order valence-electron chi connectivity index (χ0n) is 13.3. The molecular weight excluding hydrogens is 352 g/mol. The lowest BCUT2D eigenvalue weighted by Gasteiger charge is -2.27. The van der Waals surface area contributed by atoms with Crippen molar-refractivity contribution in [3.8, 4) is 0 Å². The van der Waals surface area contributed by atoms with Gasteiger partial charge in [0.15, 0.2) is 4.90 Å². The number of aromatic nitrogens is 1. The fraction of sp³-hybridized carbons (Fsp3) is 0.312. The van der Waals surface area contributed by atoms with Crippen LogP contribution in [0.2, 0.25) is 0 Å². The maximum absolute atomic E-state index is 13.6. The second kappa shape index (κ2) is 7.42. The van der Waals surface area contributed by atoms with Gasteiger partial charge in [0.1, 0.15) is 17.5 Å². The molecule has 1 N–H and O–H groups in total. The number of ether oxygens (including phenoxy) is 1. The Bertz CT molecular complexity index is 818. The number of sulfonamides is 1. The number of halogens is 2. The number of hydrogen-bond donors (Lipinski definition) is 1. The summed E-state index contributed by atoms with van der Waals surface area (Å²) in [5, 5.41) is 0. The van der Waals surface area contributed by atoms with E-state index in [2.05, 4.69) is 14.6 Å². The number of nitrogens with one attached hydrogen (secondary N) is 1. The second-order valence-corrected chi connectivity index (χ2v) is 7.20. The Morgan fingerprint density at radius 3 is 2.40 bits per heavy atom. The van der Waals surface area contributed by atoms with E-state index < -0.39 is 26.6 Å². The summed E-state index contributed by atoms with van der Waals surface area (Å²) in [5.74, 6) is -1.49. The topological polar surface area (TPSA) is 71.5 Å². The van der Waals surface area contributed by atoms with Crippen LogP contribution in [0.25, 0.3) is 0 Å². The summed E-state index contributed by atoms with van der Waals surface area (Å²) in [5.41, 5.74) is 0.581. The number of nitrogens with zero attached hydrogens (tertiary/aromatic N) is 2. The average molecular weight is 369 g/mol. The number of anilines is 1. The standard InChI is InChI=1S/C16H17F2N3O3S/c17-13-2-1-3-14(18)16(13)25(22,23)20-11-12-4-5-15(19-10-12)21-6-8-24-9-7-21/h1-5,10,20H,6-9,11H2. The van der Waals surface area contributed by atoms with Crippen LogP contribution in [0.3, 0.4) is 0 Å². The summed E-state index contributed by atoms with van der Waals surface area (Å²) < 4.78 is 59.0. The van der Waals surface area contributed by atoms with Crippen LogP contribution >= 0.6 is 0 Å². The van der Waals surface area contributed by atoms with E-state index in [0.717, 1.165) is 37.1 Å². The van der Waals surface area contributed by atoms with Gasteiger partial charge in [-0.25, -0.2) is 26.9 Å². The van der Waals surface area contributed by atoms with E-state index in [1.54, 1.807) is 12.1 Å². The van der Waals surface area contributed by atoms with E-state index in [0.29, 0.717) is 18.8 Å². The molecule has 1 aliphatic rings. The van der Waals surface area contributed by atoms with Crippen molar-refractivity contribution in [2.24, 2.45) is 0 Å². The van der Waals surface area contributed by atoms with Gasteiger partial charge in [0, 0.05) is 25.8 Å². The van der Waals surface area contributed by atoms with Gasteiger partial charge < -0.3 is 9.64 Å². The Morgan fingerprint density at radius 1 is 1.12 bits per heavy atom. The highest BCUT2D eigenvalue weighted by molar-refractivity contribution is 7.89. The second-order valence-electron chi connectivity index (χ2n) is 5.50. The van der Waals surface area contributed by atoms with Crippen LogP contribution in [0.4, 0.5) is 14.6 Å². The van der Waals surface area contributed by atoms with Gasteiger partial charge in [-0.1, -0.05) is 12.1 Å². The molecule has 1 aromatic carbocycles. The van der Waals surface area contributed by atoms with E-state index in [1.807, 2.05) is 0 Å². The average Bonchev–Trinajstić information content (AvgIpc) is 2.61. The Morgan fingerprint density at radius 2 is 1.80 bits per heavy atom. The molecule has 1 aliphatic heterocycles. The Labute approximate surface area is 144 Å². The molecule has 0 bridgehead atoms. The first-order chi connectivity index (χ1) is 12.0. The molecule has 2 aromatic rings. The minimum absolute atomic E-state index is 0.119. The minimum Gasteiger partial charge on any atom is -0.378 e. The van der Waals surface area contributed by atoms with Crippen LogP contribution in [0, 0.1) is 11.6 Å². The maximum Gasteiger partial charge on any atom is 0.246 e. The van der Waals surface area contributed by atoms with Crippen LogP contribution < -0.4 is 9.62 Å². The van der Waals surface area contributed by atoms with Gasteiger partial charge in [0.2, 0.25) is 10.0 Å². The zero-order chi connectivity index (χ0) is 17.9. The molecule has 0 amide bonds. The minimum atomic E-state index is -4.31. The van der Waals surface area contributed by atoms with Crippen molar-refractivity contribution < 1.29 is 21.9 Å². The van der Waals surface area contributed by atoms with Gasteiger partial charge in [0.05, 0.1) is 13.2 Å². The van der Waals surface area contributed by atoms with Crippen molar-refractivity contribution in [3.63, 3.8) is 0 Å². The molecule has 25 heavy (non-hydrogen) atoms. The van der Waals surface area contributed by atoms with Crippen molar-refractivity contribution in [2.75, 3.05) is 31.2 Å². The van der Waals surface area contributed by atoms with Gasteiger partial charge in [-0.3, -0.25) is 0 Å². The molecule has 0 aliphatic carbocycles. The number of pyridine rings is 1. The van der Waals surface area contributed by atoms with E-state index in [1.165, 1.54) is 6.20 Å². The van der Waals surface area contributed by atoms with Gasteiger partial charge in [-0.2, -0.15) is 0 Å². The normalized spacial score (nSPS) is 15.4. The van der Waals surface area contributed by atoms with Crippen molar-refractivity contribution >= 4 is 15.8 Å². The third-order valence-corrected chi connectivity index (χ3v) is 5.25. The summed E-state index contributed by atoms with van der Waals surface area (Å²) in [4.78, 5) is 5.38. The molecule has 1 saturated heterocycles. The van der Waals surface area contributed by atoms with Gasteiger partial charge >= 0.3 is 0 Å². The molecule has 0 spiro atoms. The molecule has 3 rings (SSSR count). The first-order valence-electron chi connectivity index (χ1n) is 7.69. The summed E-state index contributed by atoms with van der Waals surface area (Å²) in [7, 11) is -4.31. The lowest BCUT2D eigenvalue weighted by molar-refractivity contribution is 0.122. The molecule has 0 saturated carbocycles. The predicted octanol–water partition coefficient (Wildman–Crippen LogP) is 1.67. The Kier molecular flexibility index (Phi) is 5.26. The van der Waals surface area contributed by atoms with Crippen LogP contribution in [0.1, 0.15) is 5.56 Å². The first kappa shape index (κ1) is 17.7. The van der Waals surface area contributed by atoms with Crippen LogP contribution in [-0.4, -0.2) is 39.7 Å². The van der Waals surface area contributed by atoms with Gasteiger partial charge in [-0.05, 0) is 23.8 Å². The summed E-state index contributed by atoms with van der Waals surface area (Å²) in [6, 6.07) is 6.40. The predicted molar refractivity (Wildman–Crippen MR) is 87.7 cm³/mol. The number of morpholine rings is 1. The third-order valence-electron chi connectivity index (χ3n) is 3.80. The van der Waals surface area contributed by atoms with E-state index in [9.17, 15) is 17.2 Å². The largest absolute Gasteiger partial charge is 0.378 e. The molecule has 1 aromatic heterocycles. The monoisotopic (exact) mass is 369 g/mol. The fourth-order valence-electron chi connectivity index (χ4n) is 2.49. The van der Waals surface area contributed by atoms with Crippen molar-refractivity contribution in [1.29, 1.82) is 0 Å². The highest BCUT2D eigenvalue weighted by atomic mass is 32.2. The van der Waals surface area contributed by atoms with Crippen molar-refractivity contribution in [2.45, 2.75) is 11.4 Å². The molecule has 0 radical (unpaired) electrons. The Balaban J connectivity index is 1.68. The van der Waals surface area contributed by atoms with Crippen molar-refractivity contribution in [3.05, 3.63) is 53.7 Å². The fourth-order valence-corrected chi connectivity index (χ4v) is 3.64. The summed E-state index contributed by atoms with van der Waals surface area (Å²) in [6.07, 6.45) is 1.53. The van der Waals surface area contributed by atoms with E-state index in [-0.39, 0.29) is 6.54 Å². The molecule has 0 unspecified atom stereocenters. The number of hydrogen-bond acceptors (Lipinski definition) is 5. The van der Waals surface area contributed by atoms with Crippen molar-refractivity contribution in [1.82, 2.24) is 9.71 Å². The molecule has 9 heteroatoms. The number of benzene rings is 1. The van der Waals surface area contributed by atoms with Crippen LogP contribution in [-0.2, 0) is 21.3 Å². The SMILES string of the molecule is O=S(=O)(NCc1ccc(N2CCOCC2)nc1)c1c(F)cccc1F. The summed E-state index contributed by atoms with van der Waals surface area (Å²) >= 11 is 0. The molecule has 2 heterocycles. The van der Waals surface area contributed by atoms with Gasteiger partial charge in [0.25, 0.3) is 0 Å². The van der Waals surface area contributed by atoms with E-state index in [4.69, 9.17) is 4.74 Å². The lowest BCUT2D eigenvalue weighted by atomic mass is 10.3. The Hall–Kier alpha value is -2.10. The lowest BCUT2D eigenvalue weighted by Crippen LogP contribution is -2.36. The molecule has 134 valence electrons. The number of rotatable bonds is 5. The molecular formula is C16H17F2N3O3S. The van der Waals surface area contributed by atoms with Gasteiger partial charge in [-0.15, -0.1) is 0 Å². The molecule has 0 atom stereocenters. The molecule has 1 fully saturated rings.